The highest BCUT2D eigenvalue weighted by Crippen LogP contribution is 2.24. The van der Waals surface area contributed by atoms with Gasteiger partial charge in [-0.1, -0.05) is 19.8 Å². The van der Waals surface area contributed by atoms with E-state index in [1.807, 2.05) is 13.8 Å². The Morgan fingerprint density at radius 3 is 2.40 bits per heavy atom. The summed E-state index contributed by atoms with van der Waals surface area (Å²) in [6.07, 6.45) is 0.903. The van der Waals surface area contributed by atoms with E-state index >= 15 is 0 Å². The molecular weight excluding hydrogens is 203 g/mol. The Morgan fingerprint density at radius 1 is 1.40 bits per heavy atom. The Bertz CT molecular complexity index is 380. The van der Waals surface area contributed by atoms with Crippen molar-refractivity contribution in [2.45, 2.75) is 32.5 Å². The zero-order valence-corrected chi connectivity index (χ0v) is 8.60. The van der Waals surface area contributed by atoms with Crippen LogP contribution in [0.15, 0.2) is 12.1 Å². The van der Waals surface area contributed by atoms with E-state index < -0.39 is 12.7 Å². The number of nitrogens with zero attached hydrogens (tertiary/aromatic N) is 1. The summed E-state index contributed by atoms with van der Waals surface area (Å²) in [5, 5.41) is 0. The molecule has 1 nitrogen and oxygen atoms in total. The summed E-state index contributed by atoms with van der Waals surface area (Å²) in [5.41, 5.74) is 0.885. The van der Waals surface area contributed by atoms with Crippen LogP contribution in [0, 0.1) is 12.3 Å². The lowest BCUT2D eigenvalue weighted by Crippen LogP contribution is -2.20. The first-order valence-electron chi connectivity index (χ1n) is 4.58. The van der Waals surface area contributed by atoms with Crippen LogP contribution in [0.25, 0.3) is 0 Å². The minimum absolute atomic E-state index is 0.0226. The quantitative estimate of drug-likeness (QED) is 0.668. The largest absolute Gasteiger partial charge is 0.406 e. The maximum Gasteiger partial charge on any atom is 0.406 e. The normalized spacial score (nSPS) is 11.8. The van der Waals surface area contributed by atoms with Gasteiger partial charge in [0.15, 0.2) is 0 Å². The number of alkyl halides is 3. The average Bonchev–Trinajstić information content (AvgIpc) is 2.44. The van der Waals surface area contributed by atoms with Crippen molar-refractivity contribution in [2.24, 2.45) is 0 Å². The molecule has 1 aromatic rings. The number of hydrogen-bond donors (Lipinski definition) is 0. The number of rotatable bonds is 2. The molecule has 0 unspecified atom stereocenters. The van der Waals surface area contributed by atoms with E-state index in [4.69, 9.17) is 6.42 Å². The molecular formula is C11H12F3N. The summed E-state index contributed by atoms with van der Waals surface area (Å²) >= 11 is 0. The standard InChI is InChI=1S/C11H12F3N/c1-4-9-5-6-10(8(2)3)15(9)7-11(12,13)14/h1,5-6,8H,7H2,2-3H3. The minimum Gasteiger partial charge on any atom is -0.329 e. The van der Waals surface area contributed by atoms with Crippen molar-refractivity contribution in [3.05, 3.63) is 23.5 Å². The van der Waals surface area contributed by atoms with E-state index in [1.54, 1.807) is 12.1 Å². The zero-order chi connectivity index (χ0) is 11.6. The molecule has 0 aliphatic heterocycles. The molecule has 1 heterocycles. The van der Waals surface area contributed by atoms with Gasteiger partial charge in [0.1, 0.15) is 6.54 Å². The van der Waals surface area contributed by atoms with Crippen LogP contribution >= 0.6 is 0 Å². The second-order valence-corrected chi connectivity index (χ2v) is 3.64. The lowest BCUT2D eigenvalue weighted by atomic mass is 10.1. The molecule has 4 heteroatoms. The van der Waals surface area contributed by atoms with Gasteiger partial charge in [0.05, 0.1) is 5.69 Å². The lowest BCUT2D eigenvalue weighted by molar-refractivity contribution is -0.141. The van der Waals surface area contributed by atoms with E-state index in [9.17, 15) is 13.2 Å². The fraction of sp³-hybridized carbons (Fsp3) is 0.455. The van der Waals surface area contributed by atoms with Gasteiger partial charge in [0.25, 0.3) is 0 Å². The SMILES string of the molecule is C#Cc1ccc(C(C)C)n1CC(F)(F)F. The third-order valence-corrected chi connectivity index (χ3v) is 2.09. The van der Waals surface area contributed by atoms with Gasteiger partial charge >= 0.3 is 6.18 Å². The Morgan fingerprint density at radius 2 is 2.00 bits per heavy atom. The van der Waals surface area contributed by atoms with Crippen LogP contribution in [0.5, 0.6) is 0 Å². The predicted octanol–water partition coefficient (Wildman–Crippen LogP) is 3.16. The van der Waals surface area contributed by atoms with E-state index in [2.05, 4.69) is 5.92 Å². The van der Waals surface area contributed by atoms with E-state index in [1.165, 1.54) is 0 Å². The third kappa shape index (κ3) is 2.79. The average molecular weight is 215 g/mol. The summed E-state index contributed by atoms with van der Waals surface area (Å²) in [7, 11) is 0. The summed E-state index contributed by atoms with van der Waals surface area (Å²) in [4.78, 5) is 0. The van der Waals surface area contributed by atoms with Gasteiger partial charge in [-0.3, -0.25) is 0 Å². The fourth-order valence-electron chi connectivity index (χ4n) is 1.47. The third-order valence-electron chi connectivity index (χ3n) is 2.09. The molecule has 0 aliphatic carbocycles. The van der Waals surface area contributed by atoms with Crippen molar-refractivity contribution in [2.75, 3.05) is 0 Å². The minimum atomic E-state index is -4.24. The Balaban J connectivity index is 3.13. The van der Waals surface area contributed by atoms with E-state index in [0.29, 0.717) is 5.69 Å². The predicted molar refractivity (Wildman–Crippen MR) is 52.5 cm³/mol. The molecule has 82 valence electrons. The number of halogens is 3. The Labute approximate surface area is 86.9 Å². The van der Waals surface area contributed by atoms with E-state index in [-0.39, 0.29) is 11.6 Å². The Hall–Kier alpha value is -1.37. The summed E-state index contributed by atoms with van der Waals surface area (Å²) in [6.45, 7) is 2.65. The van der Waals surface area contributed by atoms with Crippen molar-refractivity contribution < 1.29 is 13.2 Å². The molecule has 0 saturated heterocycles. The Kier molecular flexibility index (Phi) is 3.13. The highest BCUT2D eigenvalue weighted by atomic mass is 19.4. The van der Waals surface area contributed by atoms with Crippen molar-refractivity contribution in [1.82, 2.24) is 4.57 Å². The second-order valence-electron chi connectivity index (χ2n) is 3.64. The molecule has 0 aromatic carbocycles. The molecule has 0 N–H and O–H groups in total. The molecule has 0 fully saturated rings. The number of terminal acetylenes is 1. The molecule has 0 spiro atoms. The highest BCUT2D eigenvalue weighted by molar-refractivity contribution is 5.31. The molecule has 0 saturated carbocycles. The maximum absolute atomic E-state index is 12.3. The van der Waals surface area contributed by atoms with Crippen LogP contribution in [0.1, 0.15) is 31.2 Å². The van der Waals surface area contributed by atoms with Gasteiger partial charge in [-0.15, -0.1) is 6.42 Å². The van der Waals surface area contributed by atoms with Crippen LogP contribution in [0.4, 0.5) is 13.2 Å². The summed E-state index contributed by atoms with van der Waals surface area (Å²) in [6, 6.07) is 3.19. The maximum atomic E-state index is 12.3. The van der Waals surface area contributed by atoms with Gasteiger partial charge in [-0.25, -0.2) is 0 Å². The van der Waals surface area contributed by atoms with Gasteiger partial charge in [0, 0.05) is 5.69 Å². The van der Waals surface area contributed by atoms with Crippen LogP contribution in [-0.2, 0) is 6.54 Å². The van der Waals surface area contributed by atoms with Crippen molar-refractivity contribution in [3.8, 4) is 12.3 Å². The topological polar surface area (TPSA) is 4.93 Å². The van der Waals surface area contributed by atoms with Crippen molar-refractivity contribution in [3.63, 3.8) is 0 Å². The smallest absolute Gasteiger partial charge is 0.329 e. The van der Waals surface area contributed by atoms with Gasteiger partial charge in [-0.2, -0.15) is 13.2 Å². The molecule has 0 amide bonds. The van der Waals surface area contributed by atoms with Gasteiger partial charge in [-0.05, 0) is 18.1 Å². The summed E-state index contributed by atoms with van der Waals surface area (Å²) < 4.78 is 38.0. The number of aromatic nitrogens is 1. The van der Waals surface area contributed by atoms with Gasteiger partial charge < -0.3 is 4.57 Å². The molecule has 15 heavy (non-hydrogen) atoms. The van der Waals surface area contributed by atoms with Gasteiger partial charge in [0.2, 0.25) is 0 Å². The van der Waals surface area contributed by atoms with Crippen molar-refractivity contribution >= 4 is 0 Å². The van der Waals surface area contributed by atoms with Crippen LogP contribution < -0.4 is 0 Å². The number of hydrogen-bond acceptors (Lipinski definition) is 0. The second kappa shape index (κ2) is 4.01. The van der Waals surface area contributed by atoms with Crippen molar-refractivity contribution in [1.29, 1.82) is 0 Å². The first-order chi connectivity index (χ1) is 6.85. The monoisotopic (exact) mass is 215 g/mol. The first kappa shape index (κ1) is 11.7. The molecule has 0 atom stereocenters. The first-order valence-corrected chi connectivity index (χ1v) is 4.58. The van der Waals surface area contributed by atoms with Crippen LogP contribution in [0.2, 0.25) is 0 Å². The molecule has 1 rings (SSSR count). The van der Waals surface area contributed by atoms with E-state index in [0.717, 1.165) is 4.57 Å². The van der Waals surface area contributed by atoms with Crippen LogP contribution in [0.3, 0.4) is 0 Å². The van der Waals surface area contributed by atoms with Crippen LogP contribution in [-0.4, -0.2) is 10.7 Å². The molecule has 1 aromatic heterocycles. The zero-order valence-electron chi connectivity index (χ0n) is 8.60. The highest BCUT2D eigenvalue weighted by Gasteiger charge is 2.30. The molecule has 0 aliphatic rings. The summed E-state index contributed by atoms with van der Waals surface area (Å²) in [5.74, 6) is 2.28. The molecule has 0 bridgehead atoms. The fourth-order valence-corrected chi connectivity index (χ4v) is 1.47. The lowest BCUT2D eigenvalue weighted by Gasteiger charge is -2.15. The molecule has 0 radical (unpaired) electrons.